The molecule has 2 heteroatoms. The van der Waals surface area contributed by atoms with Gasteiger partial charge in [-0.1, -0.05) is 0 Å². The molecular formula is C26H56ClP. The fourth-order valence-corrected chi connectivity index (χ4v) is 10.4. The fourth-order valence-electron chi connectivity index (χ4n) is 4.67. The van der Waals surface area contributed by atoms with Crippen molar-refractivity contribution in [1.29, 1.82) is 0 Å². The van der Waals surface area contributed by atoms with E-state index in [0.29, 0.717) is 0 Å². The van der Waals surface area contributed by atoms with Gasteiger partial charge in [0.05, 0.1) is 0 Å². The van der Waals surface area contributed by atoms with Crippen LogP contribution in [-0.2, 0) is 0 Å². The van der Waals surface area contributed by atoms with E-state index in [9.17, 15) is 0 Å². The van der Waals surface area contributed by atoms with E-state index in [1.54, 1.807) is 0 Å². The monoisotopic (exact) mass is 434 g/mol. The molecule has 0 N–H and O–H groups in total. The Morgan fingerprint density at radius 3 is 0.893 bits per heavy atom. The zero-order valence-electron chi connectivity index (χ0n) is 20.4. The van der Waals surface area contributed by atoms with Gasteiger partial charge < -0.3 is 0 Å². The maximum atomic E-state index is 7.73. The van der Waals surface area contributed by atoms with Crippen LogP contribution in [0.15, 0.2) is 0 Å². The first kappa shape index (κ1) is 28.7. The van der Waals surface area contributed by atoms with Crippen molar-refractivity contribution >= 4 is 17.2 Å². The molecule has 0 heterocycles. The number of halogens is 1. The van der Waals surface area contributed by atoms with Crippen molar-refractivity contribution in [3.8, 4) is 0 Å². The molecule has 0 aromatic heterocycles. The third-order valence-corrected chi connectivity index (χ3v) is 15.1. The van der Waals surface area contributed by atoms with Crippen LogP contribution in [-0.4, -0.2) is 24.6 Å². The molecule has 0 radical (unpaired) electrons. The molecule has 0 amide bonds. The standard InChI is InChI=1S/C26H56ClP/c1-5-9-12-15-18-21-24-28(27,8-4,25-22-19-16-13-10-6-2)26-23-20-17-14-11-7-3/h5-26H2,1-4H3. The summed E-state index contributed by atoms with van der Waals surface area (Å²) in [6.07, 6.45) is 30.7. The molecule has 0 saturated carbocycles. The molecule has 0 aliphatic rings. The predicted molar refractivity (Wildman–Crippen MR) is 138 cm³/mol. The van der Waals surface area contributed by atoms with Crippen molar-refractivity contribution < 1.29 is 0 Å². The molecule has 0 saturated heterocycles. The second-order valence-electron chi connectivity index (χ2n) is 9.61. The van der Waals surface area contributed by atoms with Crippen LogP contribution in [0.25, 0.3) is 0 Å². The second-order valence-corrected chi connectivity index (χ2v) is 18.1. The van der Waals surface area contributed by atoms with Crippen LogP contribution in [0.2, 0.25) is 0 Å². The number of hydrogen-bond acceptors (Lipinski definition) is 0. The molecule has 0 aliphatic carbocycles. The Kier molecular flexibility index (Phi) is 19.0. The topological polar surface area (TPSA) is 0 Å². The van der Waals surface area contributed by atoms with Gasteiger partial charge in [-0.05, 0) is 0 Å². The number of unbranched alkanes of at least 4 members (excludes halogenated alkanes) is 15. The summed E-state index contributed by atoms with van der Waals surface area (Å²) >= 11 is 7.73. The zero-order valence-corrected chi connectivity index (χ0v) is 22.0. The third-order valence-electron chi connectivity index (χ3n) is 7.00. The van der Waals surface area contributed by atoms with E-state index in [-0.39, 0.29) is 0 Å². The van der Waals surface area contributed by atoms with E-state index >= 15 is 0 Å². The number of rotatable bonds is 22. The molecule has 172 valence electrons. The van der Waals surface area contributed by atoms with Crippen molar-refractivity contribution in [1.82, 2.24) is 0 Å². The third kappa shape index (κ3) is 14.7. The van der Waals surface area contributed by atoms with Gasteiger partial charge in [0.2, 0.25) is 0 Å². The van der Waals surface area contributed by atoms with Crippen LogP contribution in [0.4, 0.5) is 0 Å². The molecule has 0 nitrogen and oxygen atoms in total. The van der Waals surface area contributed by atoms with Crippen molar-refractivity contribution in [3.63, 3.8) is 0 Å². The van der Waals surface area contributed by atoms with Gasteiger partial charge in [0.15, 0.2) is 0 Å². The molecule has 0 fully saturated rings. The summed E-state index contributed by atoms with van der Waals surface area (Å²) in [6, 6.07) is 0. The van der Waals surface area contributed by atoms with Crippen LogP contribution >= 0.6 is 17.2 Å². The van der Waals surface area contributed by atoms with Gasteiger partial charge in [0, 0.05) is 0 Å². The summed E-state index contributed by atoms with van der Waals surface area (Å²) in [4.78, 5) is 0. The number of hydrogen-bond donors (Lipinski definition) is 0. The molecule has 0 rings (SSSR count). The molecule has 0 atom stereocenters. The Morgan fingerprint density at radius 1 is 0.393 bits per heavy atom. The van der Waals surface area contributed by atoms with Gasteiger partial charge in [0.1, 0.15) is 0 Å². The SMILES string of the molecule is CCCCCCCCP(Cl)(CC)(CCCCCCCC)CCCCCCCC. The molecule has 0 aliphatic heterocycles. The van der Waals surface area contributed by atoms with Crippen LogP contribution < -0.4 is 0 Å². The summed E-state index contributed by atoms with van der Waals surface area (Å²) in [5.41, 5.74) is 0. The molecule has 0 aromatic rings. The minimum absolute atomic E-state index is 1.28. The Morgan fingerprint density at radius 2 is 0.643 bits per heavy atom. The average Bonchev–Trinajstić information content (AvgIpc) is 2.70. The summed E-state index contributed by atoms with van der Waals surface area (Å²) in [5, 5.41) is 0. The molecule has 0 aromatic carbocycles. The molecule has 0 spiro atoms. The van der Waals surface area contributed by atoms with Gasteiger partial charge >= 0.3 is 185 Å². The Labute approximate surface area is 185 Å². The zero-order chi connectivity index (χ0) is 21.0. The van der Waals surface area contributed by atoms with Crippen LogP contribution in [0.5, 0.6) is 0 Å². The molecule has 0 unspecified atom stereocenters. The second kappa shape index (κ2) is 18.5. The predicted octanol–water partition coefficient (Wildman–Crippen LogP) is 10.8. The Hall–Kier alpha value is 0.720. The van der Waals surface area contributed by atoms with E-state index in [1.165, 1.54) is 140 Å². The van der Waals surface area contributed by atoms with Crippen molar-refractivity contribution in [3.05, 3.63) is 0 Å². The van der Waals surface area contributed by atoms with Gasteiger partial charge in [-0.25, -0.2) is 0 Å². The van der Waals surface area contributed by atoms with Crippen molar-refractivity contribution in [2.24, 2.45) is 0 Å². The van der Waals surface area contributed by atoms with E-state index in [2.05, 4.69) is 27.7 Å². The van der Waals surface area contributed by atoms with Gasteiger partial charge in [0.25, 0.3) is 0 Å². The molecular weight excluding hydrogens is 379 g/mol. The summed E-state index contributed by atoms with van der Waals surface area (Å²) in [5.74, 6) is -1.99. The van der Waals surface area contributed by atoms with Gasteiger partial charge in [-0.15, -0.1) is 0 Å². The Bertz CT molecular complexity index is 285. The average molecular weight is 435 g/mol. The minimum atomic E-state index is -1.99. The fraction of sp³-hybridized carbons (Fsp3) is 1.00. The first-order valence-electron chi connectivity index (χ1n) is 13.3. The van der Waals surface area contributed by atoms with Crippen LogP contribution in [0, 0.1) is 0 Å². The first-order valence-corrected chi connectivity index (χ1v) is 17.1. The quantitative estimate of drug-likeness (QED) is 0.117. The van der Waals surface area contributed by atoms with E-state index in [4.69, 9.17) is 11.2 Å². The van der Waals surface area contributed by atoms with E-state index in [1.807, 2.05) is 0 Å². The van der Waals surface area contributed by atoms with Gasteiger partial charge in [-0.2, -0.15) is 0 Å². The first-order chi connectivity index (χ1) is 13.5. The Balaban J connectivity index is 4.51. The molecule has 0 bridgehead atoms. The normalized spacial score (nSPS) is 13.5. The molecule has 28 heavy (non-hydrogen) atoms. The summed E-state index contributed by atoms with van der Waals surface area (Å²) < 4.78 is 0. The van der Waals surface area contributed by atoms with Gasteiger partial charge in [-0.3, -0.25) is 0 Å². The maximum absolute atomic E-state index is 7.73. The summed E-state index contributed by atoms with van der Waals surface area (Å²) in [7, 11) is 0. The van der Waals surface area contributed by atoms with Crippen LogP contribution in [0.1, 0.15) is 143 Å². The summed E-state index contributed by atoms with van der Waals surface area (Å²) in [6.45, 7) is 9.35. The van der Waals surface area contributed by atoms with Crippen LogP contribution in [0.3, 0.4) is 0 Å². The van der Waals surface area contributed by atoms with Crippen molar-refractivity contribution in [2.45, 2.75) is 143 Å². The van der Waals surface area contributed by atoms with E-state index < -0.39 is 5.96 Å². The van der Waals surface area contributed by atoms with E-state index in [0.717, 1.165) is 0 Å². The van der Waals surface area contributed by atoms with Crippen molar-refractivity contribution in [2.75, 3.05) is 24.6 Å².